The Balaban J connectivity index is 2.54. The van der Waals surface area contributed by atoms with E-state index in [1.54, 1.807) is 0 Å². The minimum Gasteiger partial charge on any atom is -0.507 e. The number of hydrogen-bond donors (Lipinski definition) is 3. The number of phenolic OH excluding ortho intramolecular Hbond substituents is 1. The van der Waals surface area contributed by atoms with Crippen LogP contribution in [0.25, 0.3) is 11.1 Å². The van der Waals surface area contributed by atoms with E-state index in [9.17, 15) is 13.9 Å². The third-order valence-corrected chi connectivity index (χ3v) is 2.55. The van der Waals surface area contributed by atoms with Crippen molar-refractivity contribution >= 4 is 0 Å². The van der Waals surface area contributed by atoms with Crippen molar-refractivity contribution < 1.29 is 24.1 Å². The molecule has 0 saturated carbocycles. The predicted octanol–water partition coefficient (Wildman–Crippen LogP) is 2.32. The Morgan fingerprint density at radius 2 is 1.67 bits per heavy atom. The van der Waals surface area contributed by atoms with E-state index >= 15 is 0 Å². The van der Waals surface area contributed by atoms with Crippen molar-refractivity contribution in [1.29, 1.82) is 0 Å². The molecule has 0 bridgehead atoms. The van der Waals surface area contributed by atoms with Gasteiger partial charge < -0.3 is 15.3 Å². The quantitative estimate of drug-likeness (QED) is 0.719. The third kappa shape index (κ3) is 2.32. The van der Waals surface area contributed by atoms with Crippen LogP contribution in [0.5, 0.6) is 5.75 Å². The van der Waals surface area contributed by atoms with E-state index in [4.69, 9.17) is 10.2 Å². The van der Waals surface area contributed by atoms with E-state index in [1.807, 2.05) is 0 Å². The summed E-state index contributed by atoms with van der Waals surface area (Å²) in [5.41, 5.74) is 0.280. The first-order chi connectivity index (χ1) is 8.49. The van der Waals surface area contributed by atoms with Gasteiger partial charge in [-0.25, -0.2) is 8.78 Å². The molecule has 2 aromatic carbocycles. The lowest BCUT2D eigenvalue weighted by molar-refractivity contribution is -0.0438. The maximum atomic E-state index is 13.5. The molecule has 0 aromatic heterocycles. The van der Waals surface area contributed by atoms with Gasteiger partial charge in [0, 0.05) is 17.2 Å². The summed E-state index contributed by atoms with van der Waals surface area (Å²) in [5.74, 6) is -1.77. The molecule has 0 atom stereocenters. The van der Waals surface area contributed by atoms with Crippen molar-refractivity contribution in [2.45, 2.75) is 6.29 Å². The molecule has 3 N–H and O–H groups in total. The minimum atomic E-state index is -1.87. The van der Waals surface area contributed by atoms with Crippen LogP contribution >= 0.6 is 0 Å². The lowest BCUT2D eigenvalue weighted by atomic mass is 10.0. The van der Waals surface area contributed by atoms with Gasteiger partial charge in [0.15, 0.2) is 6.29 Å². The molecule has 0 spiro atoms. The fourth-order valence-electron chi connectivity index (χ4n) is 1.65. The summed E-state index contributed by atoms with van der Waals surface area (Å²) >= 11 is 0. The van der Waals surface area contributed by atoms with Crippen molar-refractivity contribution in [2.75, 3.05) is 0 Å². The SMILES string of the molecule is Oc1ccc(-c2ccc(F)cc2F)cc1C(O)O. The molecule has 2 rings (SSSR count). The van der Waals surface area contributed by atoms with Gasteiger partial charge in [-0.15, -0.1) is 0 Å². The zero-order valence-electron chi connectivity index (χ0n) is 9.14. The van der Waals surface area contributed by atoms with Crippen molar-refractivity contribution in [3.8, 4) is 16.9 Å². The second kappa shape index (κ2) is 4.72. The van der Waals surface area contributed by atoms with E-state index in [0.717, 1.165) is 12.1 Å². The minimum absolute atomic E-state index is 0.110. The first-order valence-corrected chi connectivity index (χ1v) is 5.13. The van der Waals surface area contributed by atoms with Crippen LogP contribution in [0.3, 0.4) is 0 Å². The molecule has 0 amide bonds. The molecule has 0 unspecified atom stereocenters. The van der Waals surface area contributed by atoms with Gasteiger partial charge in [0.1, 0.15) is 17.4 Å². The molecule has 0 radical (unpaired) electrons. The molecular weight excluding hydrogens is 242 g/mol. The van der Waals surface area contributed by atoms with E-state index < -0.39 is 17.9 Å². The van der Waals surface area contributed by atoms with Crippen LogP contribution in [0, 0.1) is 11.6 Å². The van der Waals surface area contributed by atoms with Gasteiger partial charge in [0.2, 0.25) is 0 Å². The van der Waals surface area contributed by atoms with Gasteiger partial charge in [0.25, 0.3) is 0 Å². The van der Waals surface area contributed by atoms with Crippen molar-refractivity contribution in [1.82, 2.24) is 0 Å². The van der Waals surface area contributed by atoms with Gasteiger partial charge >= 0.3 is 0 Å². The van der Waals surface area contributed by atoms with E-state index in [0.29, 0.717) is 5.56 Å². The average Bonchev–Trinajstić information content (AvgIpc) is 2.30. The van der Waals surface area contributed by atoms with E-state index in [2.05, 4.69) is 0 Å². The molecule has 2 aromatic rings. The first kappa shape index (κ1) is 12.5. The Kier molecular flexibility index (Phi) is 3.27. The van der Waals surface area contributed by atoms with Crippen LogP contribution in [0.15, 0.2) is 36.4 Å². The topological polar surface area (TPSA) is 60.7 Å². The Hall–Kier alpha value is -1.98. The van der Waals surface area contributed by atoms with Crippen LogP contribution < -0.4 is 0 Å². The molecule has 0 aliphatic heterocycles. The summed E-state index contributed by atoms with van der Waals surface area (Å²) in [6, 6.07) is 6.92. The monoisotopic (exact) mass is 252 g/mol. The van der Waals surface area contributed by atoms with Crippen molar-refractivity contribution in [3.05, 3.63) is 53.6 Å². The van der Waals surface area contributed by atoms with Crippen LogP contribution in [0.1, 0.15) is 11.9 Å². The smallest absolute Gasteiger partial charge is 0.182 e. The third-order valence-electron chi connectivity index (χ3n) is 2.55. The summed E-state index contributed by atoms with van der Waals surface area (Å²) in [5, 5.41) is 27.5. The molecular formula is C13H10F2O3. The second-order valence-electron chi connectivity index (χ2n) is 3.77. The van der Waals surface area contributed by atoms with Gasteiger partial charge in [-0.3, -0.25) is 0 Å². The number of hydrogen-bond acceptors (Lipinski definition) is 3. The fraction of sp³-hybridized carbons (Fsp3) is 0.0769. The summed E-state index contributed by atoms with van der Waals surface area (Å²) in [4.78, 5) is 0. The highest BCUT2D eigenvalue weighted by Gasteiger charge is 2.13. The molecule has 0 aliphatic carbocycles. The van der Waals surface area contributed by atoms with Crippen LogP contribution in [0.2, 0.25) is 0 Å². The summed E-state index contributed by atoms with van der Waals surface area (Å²) in [6.45, 7) is 0. The Morgan fingerprint density at radius 1 is 0.944 bits per heavy atom. The summed E-state index contributed by atoms with van der Waals surface area (Å²) in [6.07, 6.45) is -1.87. The van der Waals surface area contributed by atoms with Gasteiger partial charge in [-0.2, -0.15) is 0 Å². The fourth-order valence-corrected chi connectivity index (χ4v) is 1.65. The van der Waals surface area contributed by atoms with Gasteiger partial charge in [-0.05, 0) is 29.8 Å². The maximum Gasteiger partial charge on any atom is 0.182 e. The van der Waals surface area contributed by atoms with E-state index in [1.165, 1.54) is 24.3 Å². The number of phenols is 1. The Morgan fingerprint density at radius 3 is 2.28 bits per heavy atom. The zero-order valence-corrected chi connectivity index (χ0v) is 9.14. The normalized spacial score (nSPS) is 10.9. The zero-order chi connectivity index (χ0) is 13.3. The molecule has 5 heteroatoms. The summed E-state index contributed by atoms with van der Waals surface area (Å²) < 4.78 is 26.3. The van der Waals surface area contributed by atoms with Crippen LogP contribution in [0.4, 0.5) is 8.78 Å². The van der Waals surface area contributed by atoms with Crippen LogP contribution in [-0.4, -0.2) is 15.3 Å². The van der Waals surface area contributed by atoms with Crippen LogP contribution in [-0.2, 0) is 0 Å². The van der Waals surface area contributed by atoms with Crippen molar-refractivity contribution in [3.63, 3.8) is 0 Å². The number of aliphatic hydroxyl groups is 2. The largest absolute Gasteiger partial charge is 0.507 e. The van der Waals surface area contributed by atoms with Gasteiger partial charge in [-0.1, -0.05) is 6.07 Å². The highest BCUT2D eigenvalue weighted by Crippen LogP contribution is 2.30. The Labute approximate surface area is 102 Å². The second-order valence-corrected chi connectivity index (χ2v) is 3.77. The molecule has 0 saturated heterocycles. The standard InChI is InChI=1S/C13H10F2O3/c14-8-2-3-9(11(15)6-8)7-1-4-12(16)10(5-7)13(17)18/h1-6,13,16-18H. The lowest BCUT2D eigenvalue weighted by Gasteiger charge is -2.10. The number of rotatable bonds is 2. The number of halogens is 2. The predicted molar refractivity (Wildman–Crippen MR) is 60.6 cm³/mol. The lowest BCUT2D eigenvalue weighted by Crippen LogP contribution is -1.96. The highest BCUT2D eigenvalue weighted by molar-refractivity contribution is 5.66. The van der Waals surface area contributed by atoms with Crippen molar-refractivity contribution in [2.24, 2.45) is 0 Å². The number of aliphatic hydroxyl groups excluding tert-OH is 1. The molecule has 94 valence electrons. The molecule has 0 heterocycles. The molecule has 0 fully saturated rings. The molecule has 0 aliphatic rings. The molecule has 18 heavy (non-hydrogen) atoms. The van der Waals surface area contributed by atoms with Gasteiger partial charge in [0.05, 0.1) is 0 Å². The number of aromatic hydroxyl groups is 1. The van der Waals surface area contributed by atoms with E-state index in [-0.39, 0.29) is 16.9 Å². The highest BCUT2D eigenvalue weighted by atomic mass is 19.1. The average molecular weight is 252 g/mol. The summed E-state index contributed by atoms with van der Waals surface area (Å²) in [7, 11) is 0. The first-order valence-electron chi connectivity index (χ1n) is 5.13. The molecule has 3 nitrogen and oxygen atoms in total. The maximum absolute atomic E-state index is 13.5. The Bertz CT molecular complexity index is 582. The number of benzene rings is 2.